The van der Waals surface area contributed by atoms with Gasteiger partial charge in [0.15, 0.2) is 6.10 Å². The maximum Gasteiger partial charge on any atom is 0.331 e. The molecule has 0 aromatic heterocycles. The standard InChI is InChI=1S/C13H12F2O4/c14-13(15)7-6-9(16)19-12(13)11(18)10(17)8-4-2-1-3-5-8/h1-7,10-12,17-18H/t10-,11-,12-/m0/s1. The predicted molar refractivity (Wildman–Crippen MR) is 61.4 cm³/mol. The number of carbonyl (C=O) groups is 1. The van der Waals surface area contributed by atoms with Gasteiger partial charge in [0, 0.05) is 6.08 Å². The lowest BCUT2D eigenvalue weighted by molar-refractivity contribution is -0.192. The van der Waals surface area contributed by atoms with Crippen LogP contribution in [-0.4, -0.2) is 34.3 Å². The van der Waals surface area contributed by atoms with Gasteiger partial charge < -0.3 is 14.9 Å². The number of hydrogen-bond donors (Lipinski definition) is 2. The zero-order valence-corrected chi connectivity index (χ0v) is 9.74. The number of esters is 1. The molecule has 0 amide bonds. The van der Waals surface area contributed by atoms with Crippen LogP contribution in [0.4, 0.5) is 8.78 Å². The molecule has 2 rings (SSSR count). The van der Waals surface area contributed by atoms with Crippen molar-refractivity contribution in [3.05, 3.63) is 48.0 Å². The summed E-state index contributed by atoms with van der Waals surface area (Å²) in [5.74, 6) is -4.50. The minimum atomic E-state index is -3.52. The van der Waals surface area contributed by atoms with Crippen LogP contribution in [0, 0.1) is 0 Å². The Labute approximate surface area is 107 Å². The Kier molecular flexibility index (Phi) is 3.64. The molecule has 19 heavy (non-hydrogen) atoms. The lowest BCUT2D eigenvalue weighted by atomic mass is 9.95. The van der Waals surface area contributed by atoms with Gasteiger partial charge in [-0.3, -0.25) is 0 Å². The molecule has 0 radical (unpaired) electrons. The third-order valence-corrected chi connectivity index (χ3v) is 2.84. The second kappa shape index (κ2) is 5.07. The molecule has 0 aliphatic carbocycles. The van der Waals surface area contributed by atoms with Gasteiger partial charge in [0.25, 0.3) is 0 Å². The van der Waals surface area contributed by atoms with Crippen LogP contribution in [0.15, 0.2) is 42.5 Å². The van der Waals surface area contributed by atoms with E-state index in [0.29, 0.717) is 12.2 Å². The number of aliphatic hydroxyl groups excluding tert-OH is 2. The second-order valence-corrected chi connectivity index (χ2v) is 4.21. The number of hydrogen-bond acceptors (Lipinski definition) is 4. The third-order valence-electron chi connectivity index (χ3n) is 2.84. The molecule has 0 unspecified atom stereocenters. The van der Waals surface area contributed by atoms with Crippen molar-refractivity contribution >= 4 is 5.97 Å². The van der Waals surface area contributed by atoms with E-state index < -0.39 is 30.2 Å². The predicted octanol–water partition coefficient (Wildman–Crippen LogP) is 1.20. The fourth-order valence-corrected chi connectivity index (χ4v) is 1.83. The molecule has 2 N–H and O–H groups in total. The van der Waals surface area contributed by atoms with Crippen LogP contribution in [0.5, 0.6) is 0 Å². The van der Waals surface area contributed by atoms with Gasteiger partial charge in [-0.2, -0.15) is 8.78 Å². The molecule has 1 aliphatic rings. The summed E-state index contributed by atoms with van der Waals surface area (Å²) >= 11 is 0. The van der Waals surface area contributed by atoms with Gasteiger partial charge in [0.2, 0.25) is 0 Å². The molecule has 102 valence electrons. The average molecular weight is 270 g/mol. The Morgan fingerprint density at radius 2 is 1.84 bits per heavy atom. The van der Waals surface area contributed by atoms with Gasteiger partial charge in [0.1, 0.15) is 12.2 Å². The van der Waals surface area contributed by atoms with Crippen LogP contribution < -0.4 is 0 Å². The van der Waals surface area contributed by atoms with Crippen LogP contribution >= 0.6 is 0 Å². The molecule has 0 spiro atoms. The summed E-state index contributed by atoms with van der Waals surface area (Å²) < 4.78 is 31.5. The fourth-order valence-electron chi connectivity index (χ4n) is 1.83. The summed E-state index contributed by atoms with van der Waals surface area (Å²) in [5, 5.41) is 19.7. The van der Waals surface area contributed by atoms with Gasteiger partial charge >= 0.3 is 11.9 Å². The van der Waals surface area contributed by atoms with E-state index >= 15 is 0 Å². The second-order valence-electron chi connectivity index (χ2n) is 4.21. The molecule has 0 fully saturated rings. The van der Waals surface area contributed by atoms with E-state index in [1.54, 1.807) is 18.2 Å². The van der Waals surface area contributed by atoms with Crippen LogP contribution in [0.1, 0.15) is 11.7 Å². The molecule has 0 saturated carbocycles. The quantitative estimate of drug-likeness (QED) is 0.810. The molecule has 1 aliphatic heterocycles. The first kappa shape index (κ1) is 13.6. The zero-order chi connectivity index (χ0) is 14.0. The number of benzene rings is 1. The number of ether oxygens (including phenoxy) is 1. The number of aliphatic hydroxyl groups is 2. The van der Waals surface area contributed by atoms with E-state index in [0.717, 1.165) is 0 Å². The average Bonchev–Trinajstić information content (AvgIpc) is 2.41. The third kappa shape index (κ3) is 2.80. The van der Waals surface area contributed by atoms with E-state index in [1.807, 2.05) is 0 Å². The van der Waals surface area contributed by atoms with Crippen molar-refractivity contribution in [3.8, 4) is 0 Å². The summed E-state index contributed by atoms with van der Waals surface area (Å²) in [6, 6.07) is 7.83. The maximum absolute atomic E-state index is 13.5. The minimum Gasteiger partial charge on any atom is -0.449 e. The van der Waals surface area contributed by atoms with Crippen LogP contribution in [0.2, 0.25) is 0 Å². The number of rotatable bonds is 3. The minimum absolute atomic E-state index is 0.261. The van der Waals surface area contributed by atoms with Gasteiger partial charge in [-0.1, -0.05) is 30.3 Å². The number of alkyl halides is 2. The Morgan fingerprint density at radius 3 is 2.47 bits per heavy atom. The summed E-state index contributed by atoms with van der Waals surface area (Å²) in [5.41, 5.74) is 0.261. The monoisotopic (exact) mass is 270 g/mol. The Bertz CT molecular complexity index is 487. The largest absolute Gasteiger partial charge is 0.449 e. The van der Waals surface area contributed by atoms with E-state index in [9.17, 15) is 23.8 Å². The Balaban J connectivity index is 2.21. The first-order valence-electron chi connectivity index (χ1n) is 5.60. The molecule has 1 aromatic carbocycles. The van der Waals surface area contributed by atoms with Crippen molar-refractivity contribution in [2.45, 2.75) is 24.2 Å². The van der Waals surface area contributed by atoms with Gasteiger partial charge in [-0.05, 0) is 11.6 Å². The van der Waals surface area contributed by atoms with E-state index in [4.69, 9.17) is 0 Å². The highest BCUT2D eigenvalue weighted by atomic mass is 19.3. The molecule has 0 saturated heterocycles. The normalized spacial score (nSPS) is 24.6. The molecule has 4 nitrogen and oxygen atoms in total. The number of carbonyl (C=O) groups excluding carboxylic acids is 1. The van der Waals surface area contributed by atoms with E-state index in [2.05, 4.69) is 4.74 Å². The van der Waals surface area contributed by atoms with Crippen molar-refractivity contribution in [1.29, 1.82) is 0 Å². The number of cyclic esters (lactones) is 1. The lowest BCUT2D eigenvalue weighted by Crippen LogP contribution is -2.49. The SMILES string of the molecule is O=C1C=CC(F)(F)[C@H]([C@@H](O)[C@@H](O)c2ccccc2)O1. The van der Waals surface area contributed by atoms with Gasteiger partial charge in [0.05, 0.1) is 0 Å². The van der Waals surface area contributed by atoms with Crippen LogP contribution in [0.25, 0.3) is 0 Å². The van der Waals surface area contributed by atoms with Crippen LogP contribution in [0.3, 0.4) is 0 Å². The van der Waals surface area contributed by atoms with Crippen molar-refractivity contribution in [2.75, 3.05) is 0 Å². The summed E-state index contributed by atoms with van der Waals surface area (Å²) in [6.07, 6.45) is -4.65. The van der Waals surface area contributed by atoms with Gasteiger partial charge in [-0.15, -0.1) is 0 Å². The molecule has 1 aromatic rings. The van der Waals surface area contributed by atoms with Gasteiger partial charge in [-0.25, -0.2) is 4.79 Å². The van der Waals surface area contributed by atoms with Crippen molar-refractivity contribution in [2.24, 2.45) is 0 Å². The van der Waals surface area contributed by atoms with Crippen LogP contribution in [-0.2, 0) is 9.53 Å². The number of halogens is 2. The van der Waals surface area contributed by atoms with Crippen molar-refractivity contribution < 1.29 is 28.5 Å². The zero-order valence-electron chi connectivity index (χ0n) is 9.74. The molecule has 0 bridgehead atoms. The van der Waals surface area contributed by atoms with E-state index in [-0.39, 0.29) is 5.56 Å². The summed E-state index contributed by atoms with van der Waals surface area (Å²) in [4.78, 5) is 11.0. The Morgan fingerprint density at radius 1 is 1.21 bits per heavy atom. The van der Waals surface area contributed by atoms with Crippen molar-refractivity contribution in [3.63, 3.8) is 0 Å². The molecular weight excluding hydrogens is 258 g/mol. The highest BCUT2D eigenvalue weighted by Gasteiger charge is 2.49. The fraction of sp³-hybridized carbons (Fsp3) is 0.308. The molecule has 3 atom stereocenters. The first-order chi connectivity index (χ1) is 8.92. The first-order valence-corrected chi connectivity index (χ1v) is 5.60. The molecular formula is C13H12F2O4. The van der Waals surface area contributed by atoms with E-state index in [1.165, 1.54) is 12.1 Å². The molecule has 6 heteroatoms. The lowest BCUT2D eigenvalue weighted by Gasteiger charge is -2.32. The Hall–Kier alpha value is -1.79. The summed E-state index contributed by atoms with van der Waals surface area (Å²) in [7, 11) is 0. The highest BCUT2D eigenvalue weighted by Crippen LogP contribution is 2.33. The smallest absolute Gasteiger partial charge is 0.331 e. The topological polar surface area (TPSA) is 66.8 Å². The maximum atomic E-state index is 13.5. The highest BCUT2D eigenvalue weighted by molar-refractivity contribution is 5.83. The summed E-state index contributed by atoms with van der Waals surface area (Å²) in [6.45, 7) is 0. The van der Waals surface area contributed by atoms with Crippen molar-refractivity contribution in [1.82, 2.24) is 0 Å². The molecule has 1 heterocycles.